The number of aromatic nitrogens is 1. The molecule has 6 heteroatoms. The Morgan fingerprint density at radius 2 is 2.05 bits per heavy atom. The van der Waals surface area contributed by atoms with E-state index < -0.39 is 0 Å². The molecular formula is C15H24ClN3O2. The van der Waals surface area contributed by atoms with Crippen LogP contribution >= 0.6 is 11.6 Å². The van der Waals surface area contributed by atoms with Crippen molar-refractivity contribution >= 4 is 23.3 Å². The maximum Gasteiger partial charge on any atom is 0.251 e. The molecule has 0 saturated carbocycles. The van der Waals surface area contributed by atoms with E-state index in [0.717, 1.165) is 32.4 Å². The van der Waals surface area contributed by atoms with E-state index in [-0.39, 0.29) is 5.91 Å². The van der Waals surface area contributed by atoms with E-state index in [1.165, 1.54) is 0 Å². The van der Waals surface area contributed by atoms with Crippen molar-refractivity contribution in [3.8, 4) is 0 Å². The Morgan fingerprint density at radius 1 is 1.24 bits per heavy atom. The molecule has 0 aromatic carbocycles. The highest BCUT2D eigenvalue weighted by Gasteiger charge is 2.08. The molecule has 0 aliphatic carbocycles. The zero-order chi connectivity index (χ0) is 15.5. The molecule has 1 amide bonds. The lowest BCUT2D eigenvalue weighted by Gasteiger charge is -2.09. The molecule has 0 fully saturated rings. The van der Waals surface area contributed by atoms with Gasteiger partial charge in [-0.1, -0.05) is 25.4 Å². The largest absolute Gasteiger partial charge is 0.381 e. The Kier molecular flexibility index (Phi) is 8.78. The summed E-state index contributed by atoms with van der Waals surface area (Å²) in [4.78, 5) is 16.2. The van der Waals surface area contributed by atoms with Gasteiger partial charge in [0.1, 0.15) is 11.0 Å². The smallest absolute Gasteiger partial charge is 0.251 e. The Morgan fingerprint density at radius 3 is 2.76 bits per heavy atom. The molecule has 0 atom stereocenters. The highest BCUT2D eigenvalue weighted by molar-refractivity contribution is 6.29. The second kappa shape index (κ2) is 10.4. The maximum atomic E-state index is 12.0. The van der Waals surface area contributed by atoms with Crippen LogP contribution < -0.4 is 10.6 Å². The van der Waals surface area contributed by atoms with Gasteiger partial charge in [-0.2, -0.15) is 0 Å². The quantitative estimate of drug-likeness (QED) is 0.514. The van der Waals surface area contributed by atoms with Crippen LogP contribution in [0.4, 0.5) is 5.82 Å². The number of amides is 1. The van der Waals surface area contributed by atoms with Crippen LogP contribution in [0.15, 0.2) is 12.1 Å². The molecule has 0 aliphatic heterocycles. The van der Waals surface area contributed by atoms with Crippen LogP contribution in [-0.2, 0) is 4.74 Å². The van der Waals surface area contributed by atoms with Gasteiger partial charge in [0.25, 0.3) is 5.91 Å². The summed E-state index contributed by atoms with van der Waals surface area (Å²) in [5.41, 5.74) is 0.517. The summed E-state index contributed by atoms with van der Waals surface area (Å²) in [6.07, 6.45) is 2.79. The Balaban J connectivity index is 2.44. The minimum atomic E-state index is -0.144. The summed E-state index contributed by atoms with van der Waals surface area (Å²) in [5, 5.41) is 6.29. The molecule has 0 radical (unpaired) electrons. The van der Waals surface area contributed by atoms with Crippen molar-refractivity contribution in [2.75, 3.05) is 31.6 Å². The zero-order valence-corrected chi connectivity index (χ0v) is 13.5. The fraction of sp³-hybridized carbons (Fsp3) is 0.600. The minimum absolute atomic E-state index is 0.144. The highest BCUT2D eigenvalue weighted by Crippen LogP contribution is 2.14. The third-order valence-corrected chi connectivity index (χ3v) is 2.91. The van der Waals surface area contributed by atoms with Crippen LogP contribution in [0.5, 0.6) is 0 Å². The molecule has 0 unspecified atom stereocenters. The molecule has 21 heavy (non-hydrogen) atoms. The van der Waals surface area contributed by atoms with Gasteiger partial charge >= 0.3 is 0 Å². The van der Waals surface area contributed by atoms with Crippen molar-refractivity contribution in [3.05, 3.63) is 22.8 Å². The molecule has 1 heterocycles. The molecule has 1 rings (SSSR count). The molecule has 0 aliphatic rings. The van der Waals surface area contributed by atoms with E-state index in [1.807, 2.05) is 0 Å². The number of ether oxygens (including phenoxy) is 1. The average molecular weight is 314 g/mol. The summed E-state index contributed by atoms with van der Waals surface area (Å²) in [7, 11) is 0. The second-order valence-electron chi connectivity index (χ2n) is 4.71. The number of nitrogens with one attached hydrogen (secondary N) is 2. The topological polar surface area (TPSA) is 63.2 Å². The number of hydrogen-bond acceptors (Lipinski definition) is 4. The predicted octanol–water partition coefficient (Wildman–Crippen LogP) is 3.10. The molecule has 0 spiro atoms. The lowest BCUT2D eigenvalue weighted by Crippen LogP contribution is -2.25. The van der Waals surface area contributed by atoms with Crippen LogP contribution in [0.2, 0.25) is 5.15 Å². The monoisotopic (exact) mass is 313 g/mol. The number of pyridine rings is 1. The van der Waals surface area contributed by atoms with Crippen molar-refractivity contribution in [1.29, 1.82) is 0 Å². The zero-order valence-electron chi connectivity index (χ0n) is 12.7. The molecule has 118 valence electrons. The molecule has 1 aromatic rings. The Bertz CT molecular complexity index is 441. The number of anilines is 1. The number of carbonyl (C=O) groups excluding carboxylic acids is 1. The molecule has 0 saturated heterocycles. The Labute approximate surface area is 131 Å². The van der Waals surface area contributed by atoms with Crippen molar-refractivity contribution in [2.24, 2.45) is 0 Å². The van der Waals surface area contributed by atoms with Gasteiger partial charge in [-0.05, 0) is 31.4 Å². The normalized spacial score (nSPS) is 10.4. The Hall–Kier alpha value is -1.33. The number of nitrogens with zero attached hydrogens (tertiary/aromatic N) is 1. The van der Waals surface area contributed by atoms with E-state index in [0.29, 0.717) is 29.7 Å². The lowest BCUT2D eigenvalue weighted by molar-refractivity contribution is 0.0941. The fourth-order valence-electron chi connectivity index (χ4n) is 1.70. The first-order chi connectivity index (χ1) is 10.2. The highest BCUT2D eigenvalue weighted by atomic mass is 35.5. The molecular weight excluding hydrogens is 290 g/mol. The fourth-order valence-corrected chi connectivity index (χ4v) is 1.90. The van der Waals surface area contributed by atoms with Crippen LogP contribution in [-0.4, -0.2) is 37.2 Å². The summed E-state index contributed by atoms with van der Waals surface area (Å²) in [6, 6.07) is 3.28. The number of rotatable bonds is 10. The summed E-state index contributed by atoms with van der Waals surface area (Å²) < 4.78 is 5.36. The first kappa shape index (κ1) is 17.7. The number of carbonyl (C=O) groups is 1. The van der Waals surface area contributed by atoms with Gasteiger partial charge in [0.05, 0.1) is 0 Å². The van der Waals surface area contributed by atoms with Gasteiger partial charge < -0.3 is 15.4 Å². The SMILES string of the molecule is CCCNc1cc(C(=O)NCCCOCCC)cc(Cl)n1. The van der Waals surface area contributed by atoms with Gasteiger partial charge in [-0.15, -0.1) is 0 Å². The maximum absolute atomic E-state index is 12.0. The number of hydrogen-bond donors (Lipinski definition) is 2. The van der Waals surface area contributed by atoms with E-state index in [1.54, 1.807) is 12.1 Å². The first-order valence-corrected chi connectivity index (χ1v) is 7.82. The second-order valence-corrected chi connectivity index (χ2v) is 5.10. The van der Waals surface area contributed by atoms with Crippen LogP contribution in [0.1, 0.15) is 43.5 Å². The third-order valence-electron chi connectivity index (χ3n) is 2.71. The summed E-state index contributed by atoms with van der Waals surface area (Å²) >= 11 is 5.94. The molecule has 2 N–H and O–H groups in total. The van der Waals surface area contributed by atoms with Gasteiger partial charge in [0, 0.05) is 31.9 Å². The first-order valence-electron chi connectivity index (χ1n) is 7.44. The van der Waals surface area contributed by atoms with Crippen molar-refractivity contribution < 1.29 is 9.53 Å². The van der Waals surface area contributed by atoms with E-state index in [4.69, 9.17) is 16.3 Å². The number of halogens is 1. The van der Waals surface area contributed by atoms with Crippen molar-refractivity contribution in [3.63, 3.8) is 0 Å². The predicted molar refractivity (Wildman–Crippen MR) is 86.1 cm³/mol. The van der Waals surface area contributed by atoms with Crippen molar-refractivity contribution in [1.82, 2.24) is 10.3 Å². The van der Waals surface area contributed by atoms with Gasteiger partial charge in [0.15, 0.2) is 0 Å². The molecule has 1 aromatic heterocycles. The lowest BCUT2D eigenvalue weighted by atomic mass is 10.2. The van der Waals surface area contributed by atoms with Crippen molar-refractivity contribution in [2.45, 2.75) is 33.1 Å². The van der Waals surface area contributed by atoms with E-state index in [9.17, 15) is 4.79 Å². The van der Waals surface area contributed by atoms with Gasteiger partial charge in [-0.25, -0.2) is 4.98 Å². The molecule has 0 bridgehead atoms. The van der Waals surface area contributed by atoms with Crippen LogP contribution in [0, 0.1) is 0 Å². The minimum Gasteiger partial charge on any atom is -0.381 e. The summed E-state index contributed by atoms with van der Waals surface area (Å²) in [5.74, 6) is 0.482. The van der Waals surface area contributed by atoms with Crippen LogP contribution in [0.25, 0.3) is 0 Å². The van der Waals surface area contributed by atoms with Gasteiger partial charge in [-0.3, -0.25) is 4.79 Å². The van der Waals surface area contributed by atoms with Crippen LogP contribution in [0.3, 0.4) is 0 Å². The molecule has 5 nitrogen and oxygen atoms in total. The average Bonchev–Trinajstić information content (AvgIpc) is 2.48. The van der Waals surface area contributed by atoms with E-state index in [2.05, 4.69) is 29.5 Å². The van der Waals surface area contributed by atoms with E-state index >= 15 is 0 Å². The standard InChI is InChI=1S/C15H24ClN3O2/c1-3-6-17-14-11-12(10-13(16)19-14)15(20)18-7-5-9-21-8-4-2/h10-11H,3-9H2,1-2H3,(H,17,19)(H,18,20). The third kappa shape index (κ3) is 7.29. The van der Waals surface area contributed by atoms with Gasteiger partial charge in [0.2, 0.25) is 0 Å². The summed E-state index contributed by atoms with van der Waals surface area (Å²) in [6.45, 7) is 6.93.